The molecule has 13 heteroatoms. The number of hydrogen-bond donors (Lipinski definition) is 13. The van der Waals surface area contributed by atoms with E-state index in [-0.39, 0.29) is 0 Å². The molecule has 0 aromatic carbocycles. The minimum atomic E-state index is 0.705. The van der Waals surface area contributed by atoms with Gasteiger partial charge in [-0.25, -0.2) is 0 Å². The molecular weight excluding hydrogens is 446 g/mol. The molecule has 0 aromatic heterocycles. The second-order valence-electron chi connectivity index (χ2n) is 7.90. The van der Waals surface area contributed by atoms with E-state index in [2.05, 4.69) is 47.9 Å². The van der Waals surface area contributed by atoms with Crippen LogP contribution in [0.3, 0.4) is 0 Å². The molecule has 0 saturated carbocycles. The van der Waals surface area contributed by atoms with E-state index in [1.165, 1.54) is 0 Å². The minimum absolute atomic E-state index is 0.705. The highest BCUT2D eigenvalue weighted by Gasteiger charge is 1.91. The maximum atomic E-state index is 5.37. The van der Waals surface area contributed by atoms with Gasteiger partial charge in [0, 0.05) is 144 Å². The Labute approximate surface area is 215 Å². The normalized spacial score (nSPS) is 11.0. The van der Waals surface area contributed by atoms with Crippen molar-refractivity contribution < 1.29 is 0 Å². The second-order valence-corrected chi connectivity index (χ2v) is 7.90. The fourth-order valence-corrected chi connectivity index (χ4v) is 2.77. The van der Waals surface area contributed by atoms with Crippen LogP contribution in [-0.4, -0.2) is 144 Å². The van der Waals surface area contributed by atoms with Crippen molar-refractivity contribution in [2.45, 2.75) is 0 Å². The van der Waals surface area contributed by atoms with Gasteiger partial charge in [0.05, 0.1) is 0 Å². The van der Waals surface area contributed by atoms with Crippen molar-refractivity contribution >= 4 is 0 Å². The van der Waals surface area contributed by atoms with E-state index in [0.29, 0.717) is 26.2 Å². The molecule has 0 radical (unpaired) electrons. The molecule has 0 aliphatic heterocycles. The first-order valence-electron chi connectivity index (χ1n) is 13.5. The maximum Gasteiger partial charge on any atom is 0.00772 e. The lowest BCUT2D eigenvalue weighted by Crippen LogP contribution is -2.37. The van der Waals surface area contributed by atoms with Crippen LogP contribution in [0.5, 0.6) is 0 Å². The summed E-state index contributed by atoms with van der Waals surface area (Å²) in [4.78, 5) is 0. The molecule has 0 atom stereocenters. The zero-order valence-electron chi connectivity index (χ0n) is 22.4. The Morgan fingerprint density at radius 2 is 0.314 bits per heavy atom. The Hall–Kier alpha value is -0.520. The summed E-state index contributed by atoms with van der Waals surface area (Å²) in [7, 11) is 0. The number of rotatable bonds is 29. The van der Waals surface area contributed by atoms with Crippen LogP contribution in [0.4, 0.5) is 0 Å². The van der Waals surface area contributed by atoms with Gasteiger partial charge in [-0.05, 0) is 0 Å². The van der Waals surface area contributed by atoms with Crippen LogP contribution < -0.4 is 70.8 Å². The average Bonchev–Trinajstić information content (AvgIpc) is 2.87. The lowest BCUT2D eigenvalue weighted by Gasteiger charge is -2.08. The molecule has 0 bridgehead atoms. The SMILES string of the molecule is NCCNCCNCCNCCNCCN.NCCNCCNCCNCCNCCNCCN. The van der Waals surface area contributed by atoms with Crippen molar-refractivity contribution in [3.05, 3.63) is 0 Å². The van der Waals surface area contributed by atoms with Crippen molar-refractivity contribution in [3.63, 3.8) is 0 Å². The fourth-order valence-electron chi connectivity index (χ4n) is 2.77. The van der Waals surface area contributed by atoms with Gasteiger partial charge in [-0.15, -0.1) is 0 Å². The van der Waals surface area contributed by atoms with E-state index in [9.17, 15) is 0 Å². The predicted octanol–water partition coefficient (Wildman–Crippen LogP) is -5.89. The van der Waals surface area contributed by atoms with Crippen molar-refractivity contribution in [2.24, 2.45) is 22.9 Å². The molecule has 0 fully saturated rings. The molecule has 0 aromatic rings. The van der Waals surface area contributed by atoms with E-state index in [0.717, 1.165) is 118 Å². The van der Waals surface area contributed by atoms with Gasteiger partial charge >= 0.3 is 0 Å². The third kappa shape index (κ3) is 40.9. The summed E-state index contributed by atoms with van der Waals surface area (Å²) in [5.41, 5.74) is 21.5. The first kappa shape index (κ1) is 36.6. The molecule has 0 aliphatic carbocycles. The highest BCUT2D eigenvalue weighted by molar-refractivity contribution is 4.58. The molecule has 0 spiro atoms. The third-order valence-corrected chi connectivity index (χ3v) is 4.63. The monoisotopic (exact) mass is 508 g/mol. The van der Waals surface area contributed by atoms with Gasteiger partial charge in [0.1, 0.15) is 0 Å². The van der Waals surface area contributed by atoms with Gasteiger partial charge in [-0.1, -0.05) is 0 Å². The van der Waals surface area contributed by atoms with Crippen LogP contribution >= 0.6 is 0 Å². The molecule has 0 saturated heterocycles. The Bertz CT molecular complexity index is 310. The lowest BCUT2D eigenvalue weighted by molar-refractivity contribution is 0.559. The van der Waals surface area contributed by atoms with Gasteiger partial charge in [-0.2, -0.15) is 0 Å². The zero-order valence-corrected chi connectivity index (χ0v) is 22.4. The van der Waals surface area contributed by atoms with Gasteiger partial charge in [0.25, 0.3) is 0 Å². The highest BCUT2D eigenvalue weighted by Crippen LogP contribution is 1.64. The van der Waals surface area contributed by atoms with E-state index in [4.69, 9.17) is 22.9 Å². The topological polar surface area (TPSA) is 212 Å². The summed E-state index contributed by atoms with van der Waals surface area (Å²) in [6, 6.07) is 0. The van der Waals surface area contributed by atoms with Crippen LogP contribution in [0, 0.1) is 0 Å². The first-order chi connectivity index (χ1) is 17.3. The summed E-state index contributed by atoms with van der Waals surface area (Å²) in [5, 5.41) is 29.7. The molecule has 0 heterocycles. The van der Waals surface area contributed by atoms with Crippen LogP contribution in [0.2, 0.25) is 0 Å². The largest absolute Gasteiger partial charge is 0.329 e. The van der Waals surface area contributed by atoms with Gasteiger partial charge in [0.2, 0.25) is 0 Å². The summed E-state index contributed by atoms with van der Waals surface area (Å²) >= 11 is 0. The van der Waals surface area contributed by atoms with Gasteiger partial charge < -0.3 is 70.8 Å². The van der Waals surface area contributed by atoms with Crippen LogP contribution in [0.15, 0.2) is 0 Å². The Balaban J connectivity index is 0. The van der Waals surface area contributed by atoms with Crippen molar-refractivity contribution in [2.75, 3.05) is 144 Å². The molecule has 17 N–H and O–H groups in total. The maximum absolute atomic E-state index is 5.37. The highest BCUT2D eigenvalue weighted by atomic mass is 15.0. The second kappa shape index (κ2) is 38.0. The molecule has 214 valence electrons. The number of hydrogen-bond acceptors (Lipinski definition) is 13. The predicted molar refractivity (Wildman–Crippen MR) is 152 cm³/mol. The Morgan fingerprint density at radius 3 is 0.429 bits per heavy atom. The molecule has 0 rings (SSSR count). The molecular formula is C22H61N13. The fraction of sp³-hybridized carbons (Fsp3) is 1.00. The molecule has 13 nitrogen and oxygen atoms in total. The Kier molecular flexibility index (Phi) is 39.8. The third-order valence-electron chi connectivity index (χ3n) is 4.63. The van der Waals surface area contributed by atoms with Crippen molar-refractivity contribution in [1.82, 2.24) is 47.9 Å². The standard InChI is InChI=1S/C12H33N7.C10H28N6/c13-1-3-15-5-7-17-9-11-19-12-10-18-8-6-16-4-2-14;11-1-3-13-5-7-15-9-10-16-8-6-14-4-2-12/h15-19H,1-14H2;13-16H,1-12H2. The molecule has 35 heavy (non-hydrogen) atoms. The van der Waals surface area contributed by atoms with E-state index in [1.807, 2.05) is 0 Å². The number of nitrogens with two attached hydrogens (primary N) is 4. The summed E-state index contributed by atoms with van der Waals surface area (Å²) in [6.45, 7) is 20.3. The van der Waals surface area contributed by atoms with Gasteiger partial charge in [-0.3, -0.25) is 0 Å². The van der Waals surface area contributed by atoms with E-state index < -0.39 is 0 Å². The average molecular weight is 508 g/mol. The van der Waals surface area contributed by atoms with Gasteiger partial charge in [0.15, 0.2) is 0 Å². The molecule has 0 amide bonds. The summed E-state index contributed by atoms with van der Waals surface area (Å²) < 4.78 is 0. The number of nitrogens with one attached hydrogen (secondary N) is 9. The Morgan fingerprint density at radius 1 is 0.200 bits per heavy atom. The van der Waals surface area contributed by atoms with Crippen LogP contribution in [0.25, 0.3) is 0 Å². The minimum Gasteiger partial charge on any atom is -0.329 e. The summed E-state index contributed by atoms with van der Waals surface area (Å²) in [6.07, 6.45) is 0. The first-order valence-corrected chi connectivity index (χ1v) is 13.5. The van der Waals surface area contributed by atoms with E-state index >= 15 is 0 Å². The van der Waals surface area contributed by atoms with E-state index in [1.54, 1.807) is 0 Å². The summed E-state index contributed by atoms with van der Waals surface area (Å²) in [5.74, 6) is 0. The lowest BCUT2D eigenvalue weighted by atomic mass is 10.5. The van der Waals surface area contributed by atoms with Crippen molar-refractivity contribution in [1.29, 1.82) is 0 Å². The molecule has 0 unspecified atom stereocenters. The smallest absolute Gasteiger partial charge is 0.00772 e. The van der Waals surface area contributed by atoms with Crippen LogP contribution in [-0.2, 0) is 0 Å². The van der Waals surface area contributed by atoms with Crippen LogP contribution in [0.1, 0.15) is 0 Å². The quantitative estimate of drug-likeness (QED) is 0.0425. The molecule has 0 aliphatic rings. The zero-order chi connectivity index (χ0) is 25.9. The van der Waals surface area contributed by atoms with Crippen molar-refractivity contribution in [3.8, 4) is 0 Å².